The van der Waals surface area contributed by atoms with Crippen molar-refractivity contribution in [2.75, 3.05) is 0 Å². The van der Waals surface area contributed by atoms with Crippen LogP contribution in [-0.2, 0) is 0 Å². The van der Waals surface area contributed by atoms with E-state index in [1.165, 1.54) is 16.7 Å². The topological polar surface area (TPSA) is 0 Å². The van der Waals surface area contributed by atoms with Crippen LogP contribution in [0, 0.1) is 6.92 Å². The Labute approximate surface area is 88.7 Å². The first-order valence-corrected chi connectivity index (χ1v) is 4.35. The van der Waals surface area contributed by atoms with Crippen molar-refractivity contribution in [3.8, 4) is 0 Å². The molecule has 0 aromatic heterocycles. The summed E-state index contributed by atoms with van der Waals surface area (Å²) in [6.07, 6.45) is 4.36. The number of fused-ring (bicyclic) bond motifs is 1. The molecule has 0 N–H and O–H groups in total. The third kappa shape index (κ3) is 1.45. The molecule has 1 aromatic carbocycles. The second kappa shape index (κ2) is 3.66. The second-order valence-corrected chi connectivity index (χ2v) is 3.54. The number of hydrogen-bond acceptors (Lipinski definition) is 0. The van der Waals surface area contributed by atoms with Crippen LogP contribution < -0.4 is 18.9 Å². The first kappa shape index (κ1) is 9.86. The van der Waals surface area contributed by atoms with Gasteiger partial charge in [0.1, 0.15) is 0 Å². The third-order valence-electron chi connectivity index (χ3n) is 2.15. The molecule has 0 aliphatic heterocycles. The number of benzene rings is 1. The Balaban J connectivity index is 0.000000720. The second-order valence-electron chi connectivity index (χ2n) is 2.91. The van der Waals surface area contributed by atoms with Crippen molar-refractivity contribution in [3.05, 3.63) is 41.0 Å². The molecule has 1 atom stereocenters. The van der Waals surface area contributed by atoms with Crippen molar-refractivity contribution >= 4 is 16.3 Å². The maximum absolute atomic E-state index is 3.63. The van der Waals surface area contributed by atoms with E-state index >= 15 is 0 Å². The fourth-order valence-corrected chi connectivity index (χ4v) is 1.85. The van der Waals surface area contributed by atoms with Crippen molar-refractivity contribution in [1.29, 1.82) is 0 Å². The summed E-state index contributed by atoms with van der Waals surface area (Å²) >= 11 is 0. The number of hydrogen-bond donors (Lipinski definition) is 0. The zero-order chi connectivity index (χ0) is 7.84. The van der Waals surface area contributed by atoms with Gasteiger partial charge in [0.15, 0.2) is 0 Å². The minimum absolute atomic E-state index is 0. The monoisotopic (exact) mass is 164 g/mol. The SMILES string of the molecule is Cc1cccc2c1C=CC2[Si].[Li+]. The summed E-state index contributed by atoms with van der Waals surface area (Å²) < 4.78 is 0. The molecule has 0 heterocycles. The molecule has 0 saturated carbocycles. The predicted octanol–water partition coefficient (Wildman–Crippen LogP) is -0.765. The van der Waals surface area contributed by atoms with Crippen LogP contribution in [-0.4, -0.2) is 10.2 Å². The molecule has 12 heavy (non-hydrogen) atoms. The van der Waals surface area contributed by atoms with Crippen molar-refractivity contribution in [1.82, 2.24) is 0 Å². The van der Waals surface area contributed by atoms with Crippen LogP contribution >= 0.6 is 0 Å². The van der Waals surface area contributed by atoms with Gasteiger partial charge in [-0.25, -0.2) is 0 Å². The number of allylic oxidation sites excluding steroid dienone is 1. The standard InChI is InChI=1S/C10H9Si.Li/c1-7-3-2-4-9-8(7)5-6-10(9)11;/h2-6,10H,1H3;/q;+1. The van der Waals surface area contributed by atoms with Gasteiger partial charge in [0.05, 0.1) is 0 Å². The fraction of sp³-hybridized carbons (Fsp3) is 0.200. The van der Waals surface area contributed by atoms with Gasteiger partial charge >= 0.3 is 18.9 Å². The van der Waals surface area contributed by atoms with E-state index in [0.717, 1.165) is 0 Å². The number of rotatable bonds is 0. The van der Waals surface area contributed by atoms with E-state index in [1.807, 2.05) is 0 Å². The summed E-state index contributed by atoms with van der Waals surface area (Å²) in [7, 11) is 3.63. The van der Waals surface area contributed by atoms with E-state index in [0.29, 0.717) is 5.54 Å². The van der Waals surface area contributed by atoms with Crippen LogP contribution in [0.2, 0.25) is 0 Å². The maximum atomic E-state index is 3.63. The molecule has 0 spiro atoms. The van der Waals surface area contributed by atoms with Crippen molar-refractivity contribution in [3.63, 3.8) is 0 Å². The van der Waals surface area contributed by atoms with Crippen molar-refractivity contribution in [2.24, 2.45) is 0 Å². The minimum Gasteiger partial charge on any atom is -0.0800 e. The smallest absolute Gasteiger partial charge is 0.0800 e. The molecule has 2 heteroatoms. The Bertz CT molecular complexity index is 318. The molecule has 3 radical (unpaired) electrons. The summed E-state index contributed by atoms with van der Waals surface area (Å²) in [6.45, 7) is 2.15. The quantitative estimate of drug-likeness (QED) is 0.442. The maximum Gasteiger partial charge on any atom is 1.00 e. The van der Waals surface area contributed by atoms with E-state index in [9.17, 15) is 0 Å². The molecule has 1 aliphatic carbocycles. The summed E-state index contributed by atoms with van der Waals surface area (Å²) in [5, 5.41) is 0. The molecule has 0 nitrogen and oxygen atoms in total. The normalized spacial score (nSPS) is 18.7. The Morgan fingerprint density at radius 2 is 2.08 bits per heavy atom. The van der Waals surface area contributed by atoms with Gasteiger partial charge < -0.3 is 0 Å². The summed E-state index contributed by atoms with van der Waals surface area (Å²) in [5.74, 6) is 0. The summed E-state index contributed by atoms with van der Waals surface area (Å²) in [5.41, 5.74) is 4.55. The minimum atomic E-state index is 0. The van der Waals surface area contributed by atoms with E-state index in [2.05, 4.69) is 47.5 Å². The van der Waals surface area contributed by atoms with E-state index in [-0.39, 0.29) is 18.9 Å². The molecular weight excluding hydrogens is 155 g/mol. The summed E-state index contributed by atoms with van der Waals surface area (Å²) in [4.78, 5) is 0. The molecule has 1 aromatic rings. The fourth-order valence-electron chi connectivity index (χ4n) is 1.50. The van der Waals surface area contributed by atoms with Crippen LogP contribution in [0.25, 0.3) is 6.08 Å². The Hall–Kier alpha value is -0.226. The molecule has 1 unspecified atom stereocenters. The van der Waals surface area contributed by atoms with Crippen LogP contribution in [0.1, 0.15) is 22.2 Å². The van der Waals surface area contributed by atoms with Gasteiger partial charge in [-0.05, 0) is 29.2 Å². The van der Waals surface area contributed by atoms with Gasteiger partial charge in [0.25, 0.3) is 0 Å². The van der Waals surface area contributed by atoms with E-state index in [1.54, 1.807) is 0 Å². The van der Waals surface area contributed by atoms with Gasteiger partial charge in [0, 0.05) is 10.2 Å². The first-order chi connectivity index (χ1) is 5.29. The molecule has 0 fully saturated rings. The third-order valence-corrected chi connectivity index (χ3v) is 2.65. The molecule has 1 aliphatic rings. The molecular formula is C10H9LiSi+. The predicted molar refractivity (Wildman–Crippen MR) is 48.7 cm³/mol. The zero-order valence-electron chi connectivity index (χ0n) is 7.46. The van der Waals surface area contributed by atoms with Crippen LogP contribution in [0.3, 0.4) is 0 Å². The van der Waals surface area contributed by atoms with Gasteiger partial charge in [-0.2, -0.15) is 0 Å². The number of aryl methyl sites for hydroxylation is 1. The zero-order valence-corrected chi connectivity index (χ0v) is 8.46. The summed E-state index contributed by atoms with van der Waals surface area (Å²) in [6, 6.07) is 6.42. The molecule has 2 rings (SSSR count). The van der Waals surface area contributed by atoms with Gasteiger partial charge in [-0.1, -0.05) is 30.4 Å². The van der Waals surface area contributed by atoms with Crippen LogP contribution in [0.15, 0.2) is 24.3 Å². The van der Waals surface area contributed by atoms with Crippen molar-refractivity contribution < 1.29 is 18.9 Å². The average Bonchev–Trinajstić information content (AvgIpc) is 2.35. The Kier molecular flexibility index (Phi) is 3.01. The van der Waals surface area contributed by atoms with Gasteiger partial charge in [-0.3, -0.25) is 0 Å². The Morgan fingerprint density at radius 1 is 1.33 bits per heavy atom. The molecule has 53 valence electrons. The molecule has 0 amide bonds. The van der Waals surface area contributed by atoms with Gasteiger partial charge in [0.2, 0.25) is 0 Å². The van der Waals surface area contributed by atoms with E-state index < -0.39 is 0 Å². The average molecular weight is 164 g/mol. The van der Waals surface area contributed by atoms with Gasteiger partial charge in [-0.15, -0.1) is 0 Å². The Morgan fingerprint density at radius 3 is 2.75 bits per heavy atom. The van der Waals surface area contributed by atoms with Crippen molar-refractivity contribution in [2.45, 2.75) is 12.5 Å². The first-order valence-electron chi connectivity index (χ1n) is 3.78. The molecule has 0 saturated heterocycles. The van der Waals surface area contributed by atoms with Crippen LogP contribution in [0.5, 0.6) is 0 Å². The van der Waals surface area contributed by atoms with Crippen LogP contribution in [0.4, 0.5) is 0 Å². The van der Waals surface area contributed by atoms with E-state index in [4.69, 9.17) is 0 Å². The largest absolute Gasteiger partial charge is 1.00 e. The molecule has 0 bridgehead atoms.